The molecule has 34 heavy (non-hydrogen) atoms. The number of terminal acetylenes is 1. The normalized spacial score (nSPS) is 42.1. The zero-order valence-corrected chi connectivity index (χ0v) is 24.1. The molecule has 0 aromatic carbocycles. The molecular weight excluding hydrogens is 452 g/mol. The van der Waals surface area contributed by atoms with Crippen molar-refractivity contribution in [3.63, 3.8) is 0 Å². The molecule has 190 valence electrons. The van der Waals surface area contributed by atoms with Gasteiger partial charge in [-0.1, -0.05) is 78.2 Å². The summed E-state index contributed by atoms with van der Waals surface area (Å²) in [7, 11) is 0. The molecule has 0 saturated heterocycles. The van der Waals surface area contributed by atoms with Crippen molar-refractivity contribution < 1.29 is 4.74 Å². The maximum absolute atomic E-state index is 6.13. The third-order valence-corrected chi connectivity index (χ3v) is 11.3. The molecule has 3 fully saturated rings. The maximum atomic E-state index is 6.13. The lowest BCUT2D eigenvalue weighted by Crippen LogP contribution is -2.53. The van der Waals surface area contributed by atoms with Crippen LogP contribution in [-0.2, 0) is 4.74 Å². The Labute approximate surface area is 221 Å². The van der Waals surface area contributed by atoms with Crippen LogP contribution in [-0.4, -0.2) is 9.98 Å². The molecule has 0 aromatic heterocycles. The lowest BCUT2D eigenvalue weighted by Gasteiger charge is -2.59. The van der Waals surface area contributed by atoms with Gasteiger partial charge in [-0.3, -0.25) is 0 Å². The second kappa shape index (κ2) is 10.1. The fourth-order valence-corrected chi connectivity index (χ4v) is 9.74. The topological polar surface area (TPSA) is 9.23 Å². The molecule has 0 N–H and O–H groups in total. The smallest absolute Gasteiger partial charge is 0.217 e. The molecule has 3 saturated carbocycles. The average molecular weight is 501 g/mol. The first-order valence-electron chi connectivity index (χ1n) is 14.1. The second-order valence-corrected chi connectivity index (χ2v) is 14.5. The Balaban J connectivity index is 1.51. The van der Waals surface area contributed by atoms with Gasteiger partial charge in [-0.15, -0.1) is 12.3 Å². The average Bonchev–Trinajstić information content (AvgIpc) is 3.11. The standard InChI is InChI=1S/C31H48OS2/c1-7-16-31(32-28(33)34)19-18-29(5)23(20-31)11-12-24-26-14-13-25(22(4)10-8-9-21(2)3)30(26,6)17-15-27(24)29/h1,11,21-22,24-27H,8-10,12-20H2,2-6H3,(H,33,34)/t22-,24?,25-,26?,27?,29+,30-,31?/m1/s1. The van der Waals surface area contributed by atoms with Crippen LogP contribution in [0.25, 0.3) is 0 Å². The van der Waals surface area contributed by atoms with Crippen molar-refractivity contribution >= 4 is 29.2 Å². The Kier molecular flexibility index (Phi) is 7.92. The van der Waals surface area contributed by atoms with E-state index in [-0.39, 0.29) is 5.60 Å². The summed E-state index contributed by atoms with van der Waals surface area (Å²) >= 11 is 9.51. The van der Waals surface area contributed by atoms with E-state index < -0.39 is 0 Å². The highest BCUT2D eigenvalue weighted by atomic mass is 32.1. The van der Waals surface area contributed by atoms with Gasteiger partial charge in [0.25, 0.3) is 0 Å². The van der Waals surface area contributed by atoms with Gasteiger partial charge in [-0.2, -0.15) is 0 Å². The summed E-state index contributed by atoms with van der Waals surface area (Å²) < 4.78 is 6.47. The van der Waals surface area contributed by atoms with Crippen LogP contribution >= 0.6 is 24.8 Å². The molecule has 0 radical (unpaired) electrons. The summed E-state index contributed by atoms with van der Waals surface area (Å²) in [5.41, 5.74) is 2.09. The number of allylic oxidation sites excluding steroid dienone is 1. The molecule has 0 aliphatic heterocycles. The summed E-state index contributed by atoms with van der Waals surface area (Å²) in [6, 6.07) is 0. The van der Waals surface area contributed by atoms with Crippen molar-refractivity contribution in [1.29, 1.82) is 0 Å². The molecule has 8 atom stereocenters. The largest absolute Gasteiger partial charge is 0.471 e. The van der Waals surface area contributed by atoms with Crippen molar-refractivity contribution in [3.05, 3.63) is 11.6 Å². The van der Waals surface area contributed by atoms with Crippen molar-refractivity contribution in [3.8, 4) is 12.3 Å². The Bertz CT molecular complexity index is 839. The molecular formula is C31H48OS2. The van der Waals surface area contributed by atoms with Crippen LogP contribution in [0.1, 0.15) is 112 Å². The Morgan fingerprint density at radius 1 is 1.15 bits per heavy atom. The van der Waals surface area contributed by atoms with Crippen LogP contribution < -0.4 is 0 Å². The van der Waals surface area contributed by atoms with Gasteiger partial charge in [0.05, 0.1) is 0 Å². The van der Waals surface area contributed by atoms with Gasteiger partial charge in [0.2, 0.25) is 4.38 Å². The number of hydrogen-bond donors (Lipinski definition) is 1. The minimum atomic E-state index is -0.348. The first kappa shape index (κ1) is 26.6. The molecule has 0 heterocycles. The lowest BCUT2D eigenvalue weighted by atomic mass is 9.46. The number of hydrogen-bond acceptors (Lipinski definition) is 2. The SMILES string of the molecule is C#CCC1(OC(=S)S)CC[C@@]2(C)C(=CCC3C2CC[C@@]2(C)C3CC[C@@H]2[C@H](C)CCCC(C)C)C1. The molecule has 4 aliphatic carbocycles. The molecule has 3 heteroatoms. The molecule has 1 nitrogen and oxygen atoms in total. The number of rotatable bonds is 7. The van der Waals surface area contributed by atoms with Crippen LogP contribution in [0.3, 0.4) is 0 Å². The zero-order valence-electron chi connectivity index (χ0n) is 22.4. The first-order valence-corrected chi connectivity index (χ1v) is 14.9. The van der Waals surface area contributed by atoms with Crippen molar-refractivity contribution in [2.24, 2.45) is 46.3 Å². The predicted octanol–water partition coefficient (Wildman–Crippen LogP) is 9.02. The fraction of sp³-hybridized carbons (Fsp3) is 0.839. The van der Waals surface area contributed by atoms with Crippen molar-refractivity contribution in [1.82, 2.24) is 0 Å². The number of fused-ring (bicyclic) bond motifs is 5. The van der Waals surface area contributed by atoms with Crippen LogP contribution in [0.5, 0.6) is 0 Å². The summed E-state index contributed by atoms with van der Waals surface area (Å²) in [5.74, 6) is 8.07. The molecule has 4 unspecified atom stereocenters. The van der Waals surface area contributed by atoms with E-state index >= 15 is 0 Å². The highest BCUT2D eigenvalue weighted by molar-refractivity contribution is 8.10. The molecule has 0 bridgehead atoms. The first-order chi connectivity index (χ1) is 16.0. The highest BCUT2D eigenvalue weighted by Crippen LogP contribution is 2.68. The quantitative estimate of drug-likeness (QED) is 0.162. The predicted molar refractivity (Wildman–Crippen MR) is 152 cm³/mol. The van der Waals surface area contributed by atoms with Crippen LogP contribution in [0.15, 0.2) is 11.6 Å². The molecule has 4 rings (SSSR count). The van der Waals surface area contributed by atoms with Crippen LogP contribution in [0.2, 0.25) is 0 Å². The van der Waals surface area contributed by atoms with E-state index in [0.717, 1.165) is 54.8 Å². The molecule has 0 amide bonds. The minimum Gasteiger partial charge on any atom is -0.471 e. The second-order valence-electron chi connectivity index (χ2n) is 13.4. The van der Waals surface area contributed by atoms with Gasteiger partial charge < -0.3 is 4.74 Å². The summed E-state index contributed by atoms with van der Waals surface area (Å²) in [4.78, 5) is 0. The fourth-order valence-electron chi connectivity index (χ4n) is 9.37. The molecule has 0 aromatic rings. The van der Waals surface area contributed by atoms with Gasteiger partial charge in [0, 0.05) is 12.8 Å². The van der Waals surface area contributed by atoms with Gasteiger partial charge in [0.1, 0.15) is 5.60 Å². The van der Waals surface area contributed by atoms with Crippen LogP contribution in [0, 0.1) is 58.7 Å². The van der Waals surface area contributed by atoms with E-state index in [2.05, 4.69) is 59.2 Å². The van der Waals surface area contributed by atoms with E-state index in [1.165, 1.54) is 51.4 Å². The van der Waals surface area contributed by atoms with E-state index in [0.29, 0.717) is 21.6 Å². The third-order valence-electron chi connectivity index (χ3n) is 11.2. The van der Waals surface area contributed by atoms with Gasteiger partial charge >= 0.3 is 0 Å². The zero-order chi connectivity index (χ0) is 24.7. The minimum absolute atomic E-state index is 0.297. The molecule has 0 spiro atoms. The van der Waals surface area contributed by atoms with E-state index in [1.54, 1.807) is 5.57 Å². The Morgan fingerprint density at radius 3 is 2.59 bits per heavy atom. The Hall–Kier alpha value is -0.460. The van der Waals surface area contributed by atoms with Gasteiger partial charge in [-0.05, 0) is 104 Å². The van der Waals surface area contributed by atoms with Crippen molar-refractivity contribution in [2.75, 3.05) is 0 Å². The lowest BCUT2D eigenvalue weighted by molar-refractivity contribution is -0.0691. The summed E-state index contributed by atoms with van der Waals surface area (Å²) in [6.45, 7) is 12.6. The Morgan fingerprint density at radius 2 is 1.91 bits per heavy atom. The van der Waals surface area contributed by atoms with Gasteiger partial charge in [0.15, 0.2) is 0 Å². The maximum Gasteiger partial charge on any atom is 0.217 e. The third kappa shape index (κ3) is 4.77. The summed E-state index contributed by atoms with van der Waals surface area (Å²) in [6.07, 6.45) is 23.3. The number of ether oxygens (including phenoxy) is 1. The van der Waals surface area contributed by atoms with E-state index in [9.17, 15) is 0 Å². The van der Waals surface area contributed by atoms with Crippen LogP contribution in [0.4, 0.5) is 0 Å². The van der Waals surface area contributed by atoms with Gasteiger partial charge in [-0.25, -0.2) is 0 Å². The highest BCUT2D eigenvalue weighted by Gasteiger charge is 2.60. The number of thiocarbonyl (C=S) groups is 1. The number of thiol groups is 1. The van der Waals surface area contributed by atoms with Crippen molar-refractivity contribution in [2.45, 2.75) is 117 Å². The van der Waals surface area contributed by atoms with E-state index in [4.69, 9.17) is 23.4 Å². The molecule has 4 aliphatic rings. The summed E-state index contributed by atoms with van der Waals surface area (Å²) in [5, 5.41) is 0. The monoisotopic (exact) mass is 500 g/mol. The van der Waals surface area contributed by atoms with E-state index in [1.807, 2.05) is 0 Å².